The van der Waals surface area contributed by atoms with E-state index >= 15 is 0 Å². The van der Waals surface area contributed by atoms with Gasteiger partial charge in [-0.05, 0) is 73.0 Å². The number of aromatic nitrogens is 2. The van der Waals surface area contributed by atoms with Crippen LogP contribution in [0.2, 0.25) is 0 Å². The predicted molar refractivity (Wildman–Crippen MR) is 259 cm³/mol. The summed E-state index contributed by atoms with van der Waals surface area (Å²) in [6, 6.07) is 76.2. The summed E-state index contributed by atoms with van der Waals surface area (Å²) in [5, 5.41) is 2.23. The van der Waals surface area contributed by atoms with Gasteiger partial charge in [0.05, 0.1) is 16.5 Å². The molecule has 2 aromatic heterocycles. The van der Waals surface area contributed by atoms with Crippen molar-refractivity contribution in [1.29, 1.82) is 0 Å². The number of ether oxygens (including phenoxy) is 1. The number of hydrogen-bond acceptors (Lipinski definition) is 2. The molecule has 8 aromatic carbocycles. The Labute approximate surface area is 392 Å². The first-order valence-electron chi connectivity index (χ1n) is 21.9. The van der Waals surface area contributed by atoms with Gasteiger partial charge in [0.15, 0.2) is 0 Å². The number of para-hydroxylation sites is 3. The van der Waals surface area contributed by atoms with Crippen LogP contribution >= 0.6 is 0 Å². The van der Waals surface area contributed by atoms with Gasteiger partial charge in [0.25, 0.3) is 5.69 Å². The second-order valence-corrected chi connectivity index (χ2v) is 17.9. The summed E-state index contributed by atoms with van der Waals surface area (Å²) in [5.74, 6) is 2.02. The zero-order valence-corrected chi connectivity index (χ0v) is 38.2. The molecule has 13 rings (SSSR count). The van der Waals surface area contributed by atoms with Crippen LogP contribution in [0, 0.1) is 12.1 Å². The molecule has 0 amide bonds. The summed E-state index contributed by atoms with van der Waals surface area (Å²) in [6.45, 7) is 6.69. The third kappa shape index (κ3) is 5.66. The third-order valence-electron chi connectivity index (χ3n) is 13.4. The summed E-state index contributed by atoms with van der Waals surface area (Å²) in [6.07, 6.45) is 1.90. The second kappa shape index (κ2) is 14.6. The summed E-state index contributed by atoms with van der Waals surface area (Å²) in [4.78, 5) is 4.87. The first-order valence-corrected chi connectivity index (χ1v) is 21.9. The van der Waals surface area contributed by atoms with Crippen LogP contribution in [-0.2, 0) is 31.9 Å². The van der Waals surface area contributed by atoms with E-state index in [1.54, 1.807) is 0 Å². The molecule has 2 aliphatic heterocycles. The maximum atomic E-state index is 6.70. The molecule has 3 aliphatic rings. The quantitative estimate of drug-likeness (QED) is 0.127. The number of nitrogens with zero attached hydrogens (tertiary/aromatic N) is 4. The Balaban J connectivity index is 0.00000444. The minimum Gasteiger partial charge on any atom is -0.509 e. The normalized spacial score (nSPS) is 13.7. The van der Waals surface area contributed by atoms with E-state index in [9.17, 15) is 0 Å². The van der Waals surface area contributed by atoms with Gasteiger partial charge in [-0.15, -0.1) is 23.6 Å². The van der Waals surface area contributed by atoms with Crippen LogP contribution < -0.4 is 13.9 Å². The Morgan fingerprint density at radius 1 is 0.569 bits per heavy atom. The molecule has 0 atom stereocenters. The van der Waals surface area contributed by atoms with Gasteiger partial charge in [-0.25, -0.2) is 4.98 Å². The molecule has 10 aromatic rings. The molecule has 0 radical (unpaired) electrons. The van der Waals surface area contributed by atoms with E-state index in [1.165, 1.54) is 38.9 Å². The summed E-state index contributed by atoms with van der Waals surface area (Å²) >= 11 is 0. The first kappa shape index (κ1) is 39.2. The van der Waals surface area contributed by atoms with Gasteiger partial charge in [-0.3, -0.25) is 0 Å². The van der Waals surface area contributed by atoms with Crippen molar-refractivity contribution in [3.05, 3.63) is 228 Å². The topological polar surface area (TPSA) is 33.1 Å². The molecule has 0 saturated heterocycles. The van der Waals surface area contributed by atoms with Crippen molar-refractivity contribution < 1.29 is 25.8 Å². The van der Waals surface area contributed by atoms with Gasteiger partial charge < -0.3 is 9.30 Å². The number of fused-ring (bicyclic) bond motifs is 12. The fourth-order valence-electron chi connectivity index (χ4n) is 10.6. The van der Waals surface area contributed by atoms with Gasteiger partial charge in [0.2, 0.25) is 5.69 Å². The molecule has 0 bridgehead atoms. The van der Waals surface area contributed by atoms with Crippen molar-refractivity contribution in [3.63, 3.8) is 0 Å². The van der Waals surface area contributed by atoms with Crippen LogP contribution in [0.5, 0.6) is 11.5 Å². The number of pyridine rings is 1. The van der Waals surface area contributed by atoms with Crippen LogP contribution in [0.4, 0.5) is 22.7 Å². The zero-order valence-electron chi connectivity index (χ0n) is 35.9. The van der Waals surface area contributed by atoms with Gasteiger partial charge in [-0.1, -0.05) is 164 Å². The van der Waals surface area contributed by atoms with Crippen molar-refractivity contribution in [2.75, 3.05) is 0 Å². The van der Waals surface area contributed by atoms with Crippen LogP contribution in [0.25, 0.3) is 49.9 Å². The van der Waals surface area contributed by atoms with E-state index < -0.39 is 5.41 Å². The zero-order chi connectivity index (χ0) is 42.7. The van der Waals surface area contributed by atoms with Gasteiger partial charge in [-0.2, -0.15) is 12.1 Å². The SMILES string of the molecule is CC(C)(C)c1ccnc(-n2c3[c-]c(Oc4[c-]c([N+]5=C=[N+]6c7c(-c8ccccc8)cccc7C7(c8ccccc8-c8ccccc87)c7cccc5c76)ccc4)ccc3c3ccccc32)c1.[Pt+2]. The van der Waals surface area contributed by atoms with Crippen molar-refractivity contribution in [2.24, 2.45) is 0 Å². The Kier molecular flexibility index (Phi) is 8.78. The van der Waals surface area contributed by atoms with E-state index in [0.29, 0.717) is 11.5 Å². The summed E-state index contributed by atoms with van der Waals surface area (Å²) < 4.78 is 13.3. The third-order valence-corrected chi connectivity index (χ3v) is 13.4. The van der Waals surface area contributed by atoms with Crippen LogP contribution in [0.3, 0.4) is 0 Å². The monoisotopic (exact) mass is 1020 g/mol. The minimum atomic E-state index is -0.554. The van der Waals surface area contributed by atoms with Crippen LogP contribution in [0.1, 0.15) is 48.6 Å². The number of rotatable bonds is 5. The van der Waals surface area contributed by atoms with E-state index in [-0.39, 0.29) is 26.5 Å². The van der Waals surface area contributed by atoms with E-state index in [4.69, 9.17) is 9.72 Å². The standard InChI is InChI=1S/C59H40N4O.Pt/c1-58(2,3)39-32-33-60-55(34-39)63-52-28-12-9-22-46(52)47-31-30-42(36-54(47)63)64-41-19-13-18-40(35-41)61-37-62-56-43(38-16-5-4-6-17-38)23-14-26-50(56)59(51-27-15-29-53(61)57(51)62)48-24-10-7-20-44(48)45-21-8-11-25-49(45)59;/h4-34H,1-3H3;/q;+2. The Hall–Kier alpha value is -7.42. The Bertz CT molecular complexity index is 3640. The predicted octanol–water partition coefficient (Wildman–Crippen LogP) is 14.1. The van der Waals surface area contributed by atoms with E-state index in [0.717, 1.165) is 61.5 Å². The van der Waals surface area contributed by atoms with Gasteiger partial charge in [0.1, 0.15) is 11.5 Å². The van der Waals surface area contributed by atoms with E-state index in [1.807, 2.05) is 24.4 Å². The van der Waals surface area contributed by atoms with Crippen molar-refractivity contribution in [3.8, 4) is 39.6 Å². The molecule has 65 heavy (non-hydrogen) atoms. The maximum Gasteiger partial charge on any atom is 2.00 e. The van der Waals surface area contributed by atoms with Crippen LogP contribution in [0.15, 0.2) is 188 Å². The van der Waals surface area contributed by atoms with E-state index in [2.05, 4.69) is 216 Å². The smallest absolute Gasteiger partial charge is 0.509 e. The van der Waals surface area contributed by atoms with Crippen molar-refractivity contribution in [1.82, 2.24) is 18.7 Å². The number of benzene rings is 8. The molecule has 1 aliphatic carbocycles. The molecule has 0 unspecified atom stereocenters. The molecule has 4 heterocycles. The summed E-state index contributed by atoms with van der Waals surface area (Å²) in [7, 11) is 0. The molecule has 0 N–H and O–H groups in total. The molecule has 1 spiro atoms. The minimum absolute atomic E-state index is 0. The largest absolute Gasteiger partial charge is 2.00 e. The van der Waals surface area contributed by atoms with Gasteiger partial charge >= 0.3 is 32.8 Å². The fraction of sp³-hybridized carbons (Fsp3) is 0.0847. The van der Waals surface area contributed by atoms with Gasteiger partial charge in [0, 0.05) is 34.8 Å². The second-order valence-electron chi connectivity index (χ2n) is 17.9. The molecule has 5 nitrogen and oxygen atoms in total. The van der Waals surface area contributed by atoms with Crippen LogP contribution in [-0.4, -0.2) is 15.6 Å². The molecule has 6 heteroatoms. The summed E-state index contributed by atoms with van der Waals surface area (Å²) in [5.41, 5.74) is 16.6. The maximum absolute atomic E-state index is 6.70. The average Bonchev–Trinajstić information content (AvgIpc) is 3.98. The average molecular weight is 1020 g/mol. The molecular formula is C59H40N4OPt+2. The van der Waals surface area contributed by atoms with Crippen molar-refractivity contribution >= 4 is 50.6 Å². The molecular weight excluding hydrogens is 976 g/mol. The molecule has 0 saturated carbocycles. The first-order chi connectivity index (χ1) is 31.4. The Morgan fingerprint density at radius 2 is 1.22 bits per heavy atom. The Morgan fingerprint density at radius 3 is 2.00 bits per heavy atom. The number of hydrogen-bond donors (Lipinski definition) is 0. The molecule has 310 valence electrons. The molecule has 0 fully saturated rings. The fourth-order valence-corrected chi connectivity index (χ4v) is 10.6. The van der Waals surface area contributed by atoms with Crippen molar-refractivity contribution in [2.45, 2.75) is 31.6 Å².